The zero-order valence-electron chi connectivity index (χ0n) is 11.8. The molecule has 0 saturated carbocycles. The van der Waals surface area contributed by atoms with E-state index in [1.54, 1.807) is 4.68 Å². The molecular formula is C13H19N5O3. The van der Waals surface area contributed by atoms with Gasteiger partial charge in [-0.3, -0.25) is 9.69 Å². The molecule has 2 fully saturated rings. The Kier molecular flexibility index (Phi) is 3.87. The summed E-state index contributed by atoms with van der Waals surface area (Å²) in [5.41, 5.74) is -0.0437. The summed E-state index contributed by atoms with van der Waals surface area (Å²) in [5.74, 6) is -0.879. The Bertz CT molecular complexity index is 532. The minimum absolute atomic E-state index is 0.0437. The van der Waals surface area contributed by atoms with Crippen LogP contribution in [0.5, 0.6) is 0 Å². The Morgan fingerprint density at radius 3 is 2.57 bits per heavy atom. The van der Waals surface area contributed by atoms with Crippen LogP contribution in [-0.2, 0) is 4.79 Å². The molecule has 8 heteroatoms. The van der Waals surface area contributed by atoms with Crippen molar-refractivity contribution in [2.24, 2.45) is 0 Å². The third kappa shape index (κ3) is 3.05. The van der Waals surface area contributed by atoms with Gasteiger partial charge in [0.2, 0.25) is 5.91 Å². The molecule has 0 unspecified atom stereocenters. The Balaban J connectivity index is 1.46. The second-order valence-electron chi connectivity index (χ2n) is 5.68. The molecule has 8 nitrogen and oxygen atoms in total. The van der Waals surface area contributed by atoms with Gasteiger partial charge in [-0.1, -0.05) is 5.21 Å². The second-order valence-corrected chi connectivity index (χ2v) is 5.68. The van der Waals surface area contributed by atoms with Gasteiger partial charge in [0, 0.05) is 26.2 Å². The van der Waals surface area contributed by atoms with Crippen molar-refractivity contribution in [3.8, 4) is 0 Å². The average molecular weight is 293 g/mol. The van der Waals surface area contributed by atoms with Crippen molar-refractivity contribution in [3.63, 3.8) is 0 Å². The van der Waals surface area contributed by atoms with Gasteiger partial charge in [0.25, 0.3) is 0 Å². The van der Waals surface area contributed by atoms with Crippen LogP contribution in [0.1, 0.15) is 35.8 Å². The number of hydrogen-bond donors (Lipinski definition) is 1. The lowest BCUT2D eigenvalue weighted by atomic mass is 10.1. The summed E-state index contributed by atoms with van der Waals surface area (Å²) in [6.45, 7) is 3.61. The fraction of sp³-hybridized carbons (Fsp3) is 0.692. The zero-order valence-corrected chi connectivity index (χ0v) is 11.8. The molecule has 0 aliphatic carbocycles. The van der Waals surface area contributed by atoms with Gasteiger partial charge in [-0.2, -0.15) is 0 Å². The number of hydrogen-bond acceptors (Lipinski definition) is 5. The first-order valence-electron chi connectivity index (χ1n) is 7.29. The van der Waals surface area contributed by atoms with Crippen molar-refractivity contribution in [1.29, 1.82) is 0 Å². The van der Waals surface area contributed by atoms with E-state index < -0.39 is 5.97 Å². The maximum Gasteiger partial charge on any atom is 0.358 e. The first-order chi connectivity index (χ1) is 10.1. The number of aromatic nitrogens is 3. The van der Waals surface area contributed by atoms with Crippen molar-refractivity contribution in [3.05, 3.63) is 11.9 Å². The van der Waals surface area contributed by atoms with Crippen LogP contribution in [0.3, 0.4) is 0 Å². The van der Waals surface area contributed by atoms with E-state index in [-0.39, 0.29) is 17.6 Å². The lowest BCUT2D eigenvalue weighted by molar-refractivity contribution is -0.134. The normalized spacial score (nSPS) is 20.3. The van der Waals surface area contributed by atoms with Crippen molar-refractivity contribution in [2.45, 2.75) is 25.3 Å². The standard InChI is InChI=1S/C13H19N5O3/c19-12(17-4-2-1-3-5-17)9-16-6-10(7-16)18-8-11(13(20)21)14-15-18/h8,10H,1-7,9H2,(H,20,21). The molecule has 3 rings (SSSR count). The van der Waals surface area contributed by atoms with Crippen LogP contribution in [-0.4, -0.2) is 74.5 Å². The molecule has 1 aromatic rings. The van der Waals surface area contributed by atoms with Gasteiger partial charge in [-0.25, -0.2) is 9.48 Å². The molecule has 0 aromatic carbocycles. The quantitative estimate of drug-likeness (QED) is 0.830. The molecular weight excluding hydrogens is 274 g/mol. The third-order valence-electron chi connectivity index (χ3n) is 4.11. The molecule has 2 aliphatic heterocycles. The minimum Gasteiger partial charge on any atom is -0.476 e. The topological polar surface area (TPSA) is 91.6 Å². The number of aromatic carboxylic acids is 1. The lowest BCUT2D eigenvalue weighted by Gasteiger charge is -2.39. The smallest absolute Gasteiger partial charge is 0.358 e. The summed E-state index contributed by atoms with van der Waals surface area (Å²) in [4.78, 5) is 26.9. The van der Waals surface area contributed by atoms with E-state index in [1.165, 1.54) is 12.6 Å². The maximum atomic E-state index is 12.1. The fourth-order valence-electron chi connectivity index (χ4n) is 2.83. The van der Waals surface area contributed by atoms with Crippen molar-refractivity contribution >= 4 is 11.9 Å². The van der Waals surface area contributed by atoms with Crippen molar-refractivity contribution < 1.29 is 14.7 Å². The number of rotatable bonds is 4. The van der Waals surface area contributed by atoms with Crippen molar-refractivity contribution in [1.82, 2.24) is 24.8 Å². The van der Waals surface area contributed by atoms with E-state index in [1.807, 2.05) is 4.90 Å². The van der Waals surface area contributed by atoms with Gasteiger partial charge in [0.1, 0.15) is 0 Å². The second kappa shape index (κ2) is 5.80. The van der Waals surface area contributed by atoms with Crippen LogP contribution >= 0.6 is 0 Å². The Hall–Kier alpha value is -1.96. The van der Waals surface area contributed by atoms with E-state index in [2.05, 4.69) is 15.2 Å². The van der Waals surface area contributed by atoms with Gasteiger partial charge in [-0.05, 0) is 19.3 Å². The first kappa shape index (κ1) is 14.0. The van der Waals surface area contributed by atoms with Gasteiger partial charge in [0.15, 0.2) is 5.69 Å². The molecule has 0 atom stereocenters. The molecule has 2 aliphatic rings. The summed E-state index contributed by atoms with van der Waals surface area (Å²) in [7, 11) is 0. The van der Waals surface area contributed by atoms with Crippen LogP contribution < -0.4 is 0 Å². The Morgan fingerprint density at radius 1 is 1.24 bits per heavy atom. The summed E-state index contributed by atoms with van der Waals surface area (Å²) in [6, 6.07) is 0.111. The number of carbonyl (C=O) groups is 2. The summed E-state index contributed by atoms with van der Waals surface area (Å²) in [6.07, 6.45) is 4.86. The Morgan fingerprint density at radius 2 is 1.95 bits per heavy atom. The highest BCUT2D eigenvalue weighted by atomic mass is 16.4. The van der Waals surface area contributed by atoms with E-state index in [0.717, 1.165) is 25.9 Å². The molecule has 114 valence electrons. The monoisotopic (exact) mass is 293 g/mol. The van der Waals surface area contributed by atoms with E-state index in [4.69, 9.17) is 5.11 Å². The number of piperidine rings is 1. The average Bonchev–Trinajstić information content (AvgIpc) is 2.92. The van der Waals surface area contributed by atoms with Gasteiger partial charge < -0.3 is 10.0 Å². The molecule has 0 radical (unpaired) electrons. The molecule has 3 heterocycles. The molecule has 1 amide bonds. The van der Waals surface area contributed by atoms with Crippen LogP contribution in [0.25, 0.3) is 0 Å². The molecule has 21 heavy (non-hydrogen) atoms. The Labute approximate surface area is 122 Å². The molecule has 1 N–H and O–H groups in total. The summed E-state index contributed by atoms with van der Waals surface area (Å²) < 4.78 is 1.57. The number of nitrogens with zero attached hydrogens (tertiary/aromatic N) is 5. The maximum absolute atomic E-state index is 12.1. The predicted molar refractivity (Wildman–Crippen MR) is 72.9 cm³/mol. The first-order valence-corrected chi connectivity index (χ1v) is 7.29. The minimum atomic E-state index is -1.07. The van der Waals surface area contributed by atoms with Crippen LogP contribution in [0.4, 0.5) is 0 Å². The number of amides is 1. The molecule has 0 bridgehead atoms. The third-order valence-corrected chi connectivity index (χ3v) is 4.11. The van der Waals surface area contributed by atoms with E-state index >= 15 is 0 Å². The predicted octanol–water partition coefficient (Wildman–Crippen LogP) is -0.155. The number of carbonyl (C=O) groups excluding carboxylic acids is 1. The summed E-state index contributed by atoms with van der Waals surface area (Å²) in [5, 5.41) is 16.2. The van der Waals surface area contributed by atoms with Crippen molar-refractivity contribution in [2.75, 3.05) is 32.7 Å². The van der Waals surface area contributed by atoms with Gasteiger partial charge in [-0.15, -0.1) is 5.10 Å². The molecule has 1 aromatic heterocycles. The zero-order chi connectivity index (χ0) is 14.8. The van der Waals surface area contributed by atoms with E-state index in [0.29, 0.717) is 19.6 Å². The molecule has 2 saturated heterocycles. The van der Waals surface area contributed by atoms with Gasteiger partial charge >= 0.3 is 5.97 Å². The van der Waals surface area contributed by atoms with Crippen LogP contribution in [0, 0.1) is 0 Å². The largest absolute Gasteiger partial charge is 0.476 e. The van der Waals surface area contributed by atoms with Gasteiger partial charge in [0.05, 0.1) is 18.8 Å². The number of carboxylic acids is 1. The highest BCUT2D eigenvalue weighted by Crippen LogP contribution is 2.20. The van der Waals surface area contributed by atoms with E-state index in [9.17, 15) is 9.59 Å². The molecule has 0 spiro atoms. The highest BCUT2D eigenvalue weighted by Gasteiger charge is 2.32. The summed E-state index contributed by atoms with van der Waals surface area (Å²) >= 11 is 0. The van der Waals surface area contributed by atoms with Crippen LogP contribution in [0.2, 0.25) is 0 Å². The van der Waals surface area contributed by atoms with Crippen LogP contribution in [0.15, 0.2) is 6.20 Å². The fourth-order valence-corrected chi connectivity index (χ4v) is 2.83. The lowest BCUT2D eigenvalue weighted by Crippen LogP contribution is -2.52. The number of carboxylic acid groups (broad SMARTS) is 1. The highest BCUT2D eigenvalue weighted by molar-refractivity contribution is 5.84. The number of likely N-dealkylation sites (tertiary alicyclic amines) is 2. The SMILES string of the molecule is O=C(O)c1cn(C2CN(CC(=O)N3CCCCC3)C2)nn1.